The summed E-state index contributed by atoms with van der Waals surface area (Å²) in [5, 5.41) is 0. The van der Waals surface area contributed by atoms with Crippen LogP contribution in [0.3, 0.4) is 0 Å². The van der Waals surface area contributed by atoms with Gasteiger partial charge in [0.2, 0.25) is 5.95 Å². The van der Waals surface area contributed by atoms with Gasteiger partial charge in [-0.15, -0.1) is 0 Å². The maximum atomic E-state index is 12.0. The second kappa shape index (κ2) is 7.00. The molecule has 3 N–H and O–H groups in total. The molecule has 0 amide bonds. The molecule has 7 heteroatoms. The van der Waals surface area contributed by atoms with Crippen LogP contribution in [0.4, 0.5) is 5.95 Å². The predicted octanol–water partition coefficient (Wildman–Crippen LogP) is 2.67. The number of nitrogens with one attached hydrogen (secondary N) is 1. The predicted molar refractivity (Wildman–Crippen MR) is 104 cm³/mol. The van der Waals surface area contributed by atoms with Gasteiger partial charge in [-0.1, -0.05) is 43.8 Å². The molecule has 3 aromatic rings. The summed E-state index contributed by atoms with van der Waals surface area (Å²) in [5.74, 6) is 0.749. The van der Waals surface area contributed by atoms with E-state index in [1.165, 1.54) is 0 Å². The van der Waals surface area contributed by atoms with Gasteiger partial charge >= 0.3 is 0 Å². The molecule has 1 saturated carbocycles. The normalized spacial score (nSPS) is 22.6. The number of hydrogen-bond acceptors (Lipinski definition) is 5. The Hall–Kier alpha value is -2.93. The molecule has 0 unspecified atom stereocenters. The molecular weight excluding hydrogens is 342 g/mol. The van der Waals surface area contributed by atoms with E-state index in [0.29, 0.717) is 30.3 Å². The van der Waals surface area contributed by atoms with Crippen LogP contribution in [0.1, 0.15) is 24.9 Å². The smallest absolute Gasteiger partial charge is 0.280 e. The fraction of sp³-hybridized carbons (Fsp3) is 0.350. The Kier molecular flexibility index (Phi) is 4.53. The van der Waals surface area contributed by atoms with E-state index in [0.717, 1.165) is 17.6 Å². The highest BCUT2D eigenvalue weighted by atomic mass is 16.5. The topological polar surface area (TPSA) is 98.8 Å². The number of nitrogen functional groups attached to an aromatic ring is 1. The zero-order valence-corrected chi connectivity index (χ0v) is 15.3. The number of nitrogens with zero attached hydrogens (tertiary/aromatic N) is 3. The van der Waals surface area contributed by atoms with Crippen molar-refractivity contribution in [2.75, 3.05) is 12.3 Å². The van der Waals surface area contributed by atoms with E-state index in [1.54, 1.807) is 6.33 Å². The highest BCUT2D eigenvalue weighted by Crippen LogP contribution is 2.43. The van der Waals surface area contributed by atoms with Crippen LogP contribution in [0.5, 0.6) is 0 Å². The van der Waals surface area contributed by atoms with Crippen LogP contribution in [-0.4, -0.2) is 26.1 Å². The molecule has 140 valence electrons. The Morgan fingerprint density at radius 1 is 1.37 bits per heavy atom. The van der Waals surface area contributed by atoms with Crippen LogP contribution >= 0.6 is 0 Å². The summed E-state index contributed by atoms with van der Waals surface area (Å²) in [6.07, 6.45) is 2.56. The Labute approximate surface area is 156 Å². The molecule has 2 aromatic heterocycles. The van der Waals surface area contributed by atoms with Gasteiger partial charge in [0.15, 0.2) is 11.2 Å². The monoisotopic (exact) mass is 365 g/mol. The number of hydrogen-bond donors (Lipinski definition) is 2. The van der Waals surface area contributed by atoms with Gasteiger partial charge in [-0.05, 0) is 23.5 Å². The minimum atomic E-state index is -0.323. The van der Waals surface area contributed by atoms with Crippen molar-refractivity contribution in [2.45, 2.75) is 26.0 Å². The molecule has 0 aliphatic heterocycles. The molecule has 1 aliphatic rings. The molecule has 2 heterocycles. The molecule has 1 aromatic carbocycles. The number of imidazole rings is 1. The number of aromatic amines is 1. The summed E-state index contributed by atoms with van der Waals surface area (Å²) < 4.78 is 7.87. The largest absolute Gasteiger partial charge is 0.376 e. The maximum Gasteiger partial charge on any atom is 0.280 e. The van der Waals surface area contributed by atoms with Crippen molar-refractivity contribution in [3.8, 4) is 0 Å². The van der Waals surface area contributed by atoms with Crippen LogP contribution in [0.15, 0.2) is 53.6 Å². The molecular formula is C20H23N5O2. The van der Waals surface area contributed by atoms with Gasteiger partial charge in [0.05, 0.1) is 25.6 Å². The van der Waals surface area contributed by atoms with Gasteiger partial charge in [0.25, 0.3) is 5.56 Å². The molecule has 0 spiro atoms. The third-order valence-corrected chi connectivity index (χ3v) is 5.38. The summed E-state index contributed by atoms with van der Waals surface area (Å²) in [4.78, 5) is 23.0. The molecule has 1 fully saturated rings. The quantitative estimate of drug-likeness (QED) is 0.677. The van der Waals surface area contributed by atoms with Gasteiger partial charge in [0.1, 0.15) is 0 Å². The zero-order chi connectivity index (χ0) is 19.0. The number of fused-ring (bicyclic) bond motifs is 1. The van der Waals surface area contributed by atoms with Crippen LogP contribution in [0.25, 0.3) is 11.2 Å². The second-order valence-electron chi connectivity index (χ2n) is 7.19. The Morgan fingerprint density at radius 3 is 2.93 bits per heavy atom. The van der Waals surface area contributed by atoms with Gasteiger partial charge in [-0.2, -0.15) is 4.98 Å². The lowest BCUT2D eigenvalue weighted by molar-refractivity contribution is 0.0872. The minimum absolute atomic E-state index is 0.0315. The second-order valence-corrected chi connectivity index (χ2v) is 7.19. The number of anilines is 1. The third-order valence-electron chi connectivity index (χ3n) is 5.38. The van der Waals surface area contributed by atoms with E-state index < -0.39 is 0 Å². The number of benzene rings is 1. The highest BCUT2D eigenvalue weighted by molar-refractivity contribution is 5.70. The molecule has 4 rings (SSSR count). The molecule has 0 bridgehead atoms. The van der Waals surface area contributed by atoms with Crippen LogP contribution in [0, 0.1) is 11.8 Å². The lowest BCUT2D eigenvalue weighted by atomic mass is 9.96. The van der Waals surface area contributed by atoms with Crippen molar-refractivity contribution in [2.24, 2.45) is 11.8 Å². The summed E-state index contributed by atoms with van der Waals surface area (Å²) in [5.41, 5.74) is 8.42. The fourth-order valence-corrected chi connectivity index (χ4v) is 3.89. The number of H-pyrrole nitrogens is 1. The lowest BCUT2D eigenvalue weighted by Crippen LogP contribution is -2.15. The van der Waals surface area contributed by atoms with Gasteiger partial charge in [0, 0.05) is 5.92 Å². The third kappa shape index (κ3) is 3.26. The van der Waals surface area contributed by atoms with Crippen molar-refractivity contribution in [3.63, 3.8) is 0 Å². The van der Waals surface area contributed by atoms with Crippen molar-refractivity contribution < 1.29 is 4.74 Å². The maximum absolute atomic E-state index is 12.0. The minimum Gasteiger partial charge on any atom is -0.376 e. The van der Waals surface area contributed by atoms with Gasteiger partial charge in [-0.3, -0.25) is 9.78 Å². The summed E-state index contributed by atoms with van der Waals surface area (Å²) in [6, 6.07) is 10.2. The van der Waals surface area contributed by atoms with E-state index in [-0.39, 0.29) is 23.5 Å². The van der Waals surface area contributed by atoms with Crippen LogP contribution < -0.4 is 11.3 Å². The van der Waals surface area contributed by atoms with Crippen LogP contribution in [0.2, 0.25) is 0 Å². The average molecular weight is 365 g/mol. The highest BCUT2D eigenvalue weighted by Gasteiger charge is 2.37. The molecule has 3 atom stereocenters. The van der Waals surface area contributed by atoms with Crippen LogP contribution in [-0.2, 0) is 11.3 Å². The van der Waals surface area contributed by atoms with E-state index >= 15 is 0 Å². The molecule has 27 heavy (non-hydrogen) atoms. The van der Waals surface area contributed by atoms with Crippen molar-refractivity contribution in [1.29, 1.82) is 0 Å². The molecule has 1 aliphatic carbocycles. The van der Waals surface area contributed by atoms with Gasteiger partial charge in [-0.25, -0.2) is 4.98 Å². The van der Waals surface area contributed by atoms with E-state index in [2.05, 4.69) is 40.6 Å². The van der Waals surface area contributed by atoms with Crippen molar-refractivity contribution >= 4 is 17.1 Å². The lowest BCUT2D eigenvalue weighted by Gasteiger charge is -2.18. The zero-order valence-electron chi connectivity index (χ0n) is 15.3. The van der Waals surface area contributed by atoms with Crippen molar-refractivity contribution in [1.82, 2.24) is 19.5 Å². The molecule has 0 saturated heterocycles. The summed E-state index contributed by atoms with van der Waals surface area (Å²) >= 11 is 0. The van der Waals surface area contributed by atoms with E-state index in [1.807, 2.05) is 22.8 Å². The first kappa shape index (κ1) is 17.5. The summed E-state index contributed by atoms with van der Waals surface area (Å²) in [7, 11) is 0. The fourth-order valence-electron chi connectivity index (χ4n) is 3.89. The average Bonchev–Trinajstić information content (AvgIpc) is 3.18. The number of rotatable bonds is 5. The molecule has 7 nitrogen and oxygen atoms in total. The first-order valence-corrected chi connectivity index (χ1v) is 9.07. The SMILES string of the molecule is C=C1[C@H](COCc2ccccc2)[C@@H](C)C[C@@H]1n1cnc2c(=O)[nH]c(N)nc21. The first-order valence-electron chi connectivity index (χ1n) is 9.07. The number of aromatic nitrogens is 4. The van der Waals surface area contributed by atoms with E-state index in [4.69, 9.17) is 10.5 Å². The molecule has 0 radical (unpaired) electrons. The Bertz CT molecular complexity index is 1020. The Balaban J connectivity index is 1.51. The standard InChI is InChI=1S/C20H23N5O2/c1-12-8-16(25-11-22-17-18(25)23-20(21)24-19(17)26)13(2)15(12)10-27-9-14-6-4-3-5-7-14/h3-7,11-12,15-16H,2,8-10H2,1H3,(H3,21,23,24,26)/t12-,15+,16-/m0/s1. The van der Waals surface area contributed by atoms with E-state index in [9.17, 15) is 4.79 Å². The summed E-state index contributed by atoms with van der Waals surface area (Å²) in [6.45, 7) is 7.74. The first-order chi connectivity index (χ1) is 13.0. The van der Waals surface area contributed by atoms with Crippen molar-refractivity contribution in [3.05, 3.63) is 64.7 Å². The number of nitrogens with two attached hydrogens (primary N) is 1. The Morgan fingerprint density at radius 2 is 2.15 bits per heavy atom. The van der Waals surface area contributed by atoms with Gasteiger partial charge < -0.3 is 15.0 Å². The number of ether oxygens (including phenoxy) is 1.